The van der Waals surface area contributed by atoms with E-state index in [2.05, 4.69) is 10.9 Å². The SMILES string of the molecule is CC[C@@H](Oc1ccccc1)C(=O)NNC(=O)c1ccc(O)cc1. The third kappa shape index (κ3) is 4.74. The van der Waals surface area contributed by atoms with E-state index in [1.165, 1.54) is 24.3 Å². The average molecular weight is 314 g/mol. The van der Waals surface area contributed by atoms with Crippen LogP contribution in [0.25, 0.3) is 0 Å². The number of phenols is 1. The molecular weight excluding hydrogens is 296 g/mol. The Hall–Kier alpha value is -3.02. The molecule has 0 bridgehead atoms. The van der Waals surface area contributed by atoms with Crippen LogP contribution >= 0.6 is 0 Å². The molecule has 0 aliphatic rings. The van der Waals surface area contributed by atoms with Gasteiger partial charge in [0.1, 0.15) is 11.5 Å². The highest BCUT2D eigenvalue weighted by molar-refractivity contribution is 5.95. The molecular formula is C17H18N2O4. The third-order valence-electron chi connectivity index (χ3n) is 3.11. The Morgan fingerprint density at radius 3 is 2.30 bits per heavy atom. The second-order valence-electron chi connectivity index (χ2n) is 4.82. The molecule has 0 aliphatic carbocycles. The number of carbonyl (C=O) groups is 2. The molecule has 0 saturated heterocycles. The van der Waals surface area contributed by atoms with Crippen LogP contribution in [-0.4, -0.2) is 23.0 Å². The molecule has 2 rings (SSSR count). The average Bonchev–Trinajstić information content (AvgIpc) is 2.58. The van der Waals surface area contributed by atoms with Crippen LogP contribution < -0.4 is 15.6 Å². The summed E-state index contributed by atoms with van der Waals surface area (Å²) in [4.78, 5) is 24.0. The van der Waals surface area contributed by atoms with Crippen molar-refractivity contribution in [2.75, 3.05) is 0 Å². The number of hydrazine groups is 1. The number of hydrogen-bond donors (Lipinski definition) is 3. The van der Waals surface area contributed by atoms with Crippen molar-refractivity contribution in [2.24, 2.45) is 0 Å². The van der Waals surface area contributed by atoms with Crippen molar-refractivity contribution in [3.05, 3.63) is 60.2 Å². The minimum atomic E-state index is -0.711. The molecule has 0 unspecified atom stereocenters. The van der Waals surface area contributed by atoms with Crippen LogP contribution in [-0.2, 0) is 4.79 Å². The van der Waals surface area contributed by atoms with E-state index in [9.17, 15) is 14.7 Å². The van der Waals surface area contributed by atoms with Crippen molar-refractivity contribution < 1.29 is 19.4 Å². The van der Waals surface area contributed by atoms with Crippen molar-refractivity contribution in [2.45, 2.75) is 19.4 Å². The van der Waals surface area contributed by atoms with Crippen LogP contribution in [0.3, 0.4) is 0 Å². The molecule has 0 fully saturated rings. The summed E-state index contributed by atoms with van der Waals surface area (Å²) in [5, 5.41) is 9.18. The van der Waals surface area contributed by atoms with Gasteiger partial charge in [-0.25, -0.2) is 0 Å². The Bertz CT molecular complexity index is 656. The van der Waals surface area contributed by atoms with Gasteiger partial charge in [-0.1, -0.05) is 25.1 Å². The summed E-state index contributed by atoms with van der Waals surface area (Å²) >= 11 is 0. The maximum absolute atomic E-state index is 12.1. The number of nitrogens with one attached hydrogen (secondary N) is 2. The lowest BCUT2D eigenvalue weighted by molar-refractivity contribution is -0.128. The van der Waals surface area contributed by atoms with Gasteiger partial charge in [-0.05, 0) is 42.8 Å². The first-order valence-electron chi connectivity index (χ1n) is 7.21. The van der Waals surface area contributed by atoms with Crippen LogP contribution in [0.15, 0.2) is 54.6 Å². The zero-order valence-electron chi connectivity index (χ0n) is 12.7. The maximum atomic E-state index is 12.1. The van der Waals surface area contributed by atoms with Gasteiger partial charge in [0.2, 0.25) is 0 Å². The molecule has 0 aromatic heterocycles. The fraction of sp³-hybridized carbons (Fsp3) is 0.176. The zero-order chi connectivity index (χ0) is 16.7. The van der Waals surface area contributed by atoms with E-state index in [0.29, 0.717) is 17.7 Å². The number of hydrogen-bond acceptors (Lipinski definition) is 4. The first-order chi connectivity index (χ1) is 11.1. The second kappa shape index (κ2) is 7.84. The van der Waals surface area contributed by atoms with E-state index in [1.807, 2.05) is 25.1 Å². The molecule has 0 heterocycles. The summed E-state index contributed by atoms with van der Waals surface area (Å²) in [7, 11) is 0. The summed E-state index contributed by atoms with van der Waals surface area (Å²) < 4.78 is 5.58. The number of aromatic hydroxyl groups is 1. The van der Waals surface area contributed by atoms with E-state index >= 15 is 0 Å². The van der Waals surface area contributed by atoms with Gasteiger partial charge in [0, 0.05) is 5.56 Å². The lowest BCUT2D eigenvalue weighted by atomic mass is 10.2. The largest absolute Gasteiger partial charge is 0.508 e. The van der Waals surface area contributed by atoms with Gasteiger partial charge < -0.3 is 9.84 Å². The van der Waals surface area contributed by atoms with Crippen LogP contribution in [0.4, 0.5) is 0 Å². The molecule has 6 nitrogen and oxygen atoms in total. The minimum absolute atomic E-state index is 0.0629. The maximum Gasteiger partial charge on any atom is 0.279 e. The zero-order valence-corrected chi connectivity index (χ0v) is 12.7. The molecule has 2 aromatic carbocycles. The predicted molar refractivity (Wildman–Crippen MR) is 84.9 cm³/mol. The van der Waals surface area contributed by atoms with Crippen LogP contribution in [0.1, 0.15) is 23.7 Å². The first-order valence-corrected chi connectivity index (χ1v) is 7.21. The number of rotatable bonds is 5. The molecule has 120 valence electrons. The molecule has 0 saturated carbocycles. The van der Waals surface area contributed by atoms with Gasteiger partial charge in [-0.3, -0.25) is 20.4 Å². The molecule has 0 radical (unpaired) electrons. The Morgan fingerprint density at radius 1 is 1.04 bits per heavy atom. The van der Waals surface area contributed by atoms with E-state index < -0.39 is 17.9 Å². The van der Waals surface area contributed by atoms with Crippen molar-refractivity contribution >= 4 is 11.8 Å². The van der Waals surface area contributed by atoms with Crippen LogP contribution in [0, 0.1) is 0 Å². The smallest absolute Gasteiger partial charge is 0.279 e. The van der Waals surface area contributed by atoms with Gasteiger partial charge in [0.15, 0.2) is 6.10 Å². The Kier molecular flexibility index (Phi) is 5.57. The Labute approximate surface area is 134 Å². The normalized spacial score (nSPS) is 11.3. The van der Waals surface area contributed by atoms with Gasteiger partial charge in [0.05, 0.1) is 0 Å². The number of amides is 2. The molecule has 6 heteroatoms. The first kappa shape index (κ1) is 16.4. The molecule has 2 aromatic rings. The lowest BCUT2D eigenvalue weighted by Gasteiger charge is -2.17. The summed E-state index contributed by atoms with van der Waals surface area (Å²) in [6, 6.07) is 14.7. The molecule has 0 spiro atoms. The molecule has 3 N–H and O–H groups in total. The van der Waals surface area contributed by atoms with Crippen LogP contribution in [0.2, 0.25) is 0 Å². The highest BCUT2D eigenvalue weighted by atomic mass is 16.5. The highest BCUT2D eigenvalue weighted by Crippen LogP contribution is 2.12. The quantitative estimate of drug-likeness (QED) is 0.737. The fourth-order valence-corrected chi connectivity index (χ4v) is 1.87. The summed E-state index contributed by atoms with van der Waals surface area (Å²) in [5.74, 6) is -0.274. The molecule has 23 heavy (non-hydrogen) atoms. The van der Waals surface area contributed by atoms with Gasteiger partial charge >= 0.3 is 0 Å². The Balaban J connectivity index is 1.89. The molecule has 2 amide bonds. The fourth-order valence-electron chi connectivity index (χ4n) is 1.87. The standard InChI is InChI=1S/C17H18N2O4/c1-2-15(23-14-6-4-3-5-7-14)17(22)19-18-16(21)12-8-10-13(20)11-9-12/h3-11,15,20H,2H2,1H3,(H,18,21)(H,19,22)/t15-/m1/s1. The van der Waals surface area contributed by atoms with Crippen molar-refractivity contribution in [3.8, 4) is 11.5 Å². The van der Waals surface area contributed by atoms with Gasteiger partial charge in [0.25, 0.3) is 11.8 Å². The monoisotopic (exact) mass is 314 g/mol. The van der Waals surface area contributed by atoms with E-state index in [0.717, 1.165) is 0 Å². The van der Waals surface area contributed by atoms with Crippen molar-refractivity contribution in [3.63, 3.8) is 0 Å². The number of phenolic OH excluding ortho intramolecular Hbond substituents is 1. The number of carbonyl (C=O) groups excluding carboxylic acids is 2. The van der Waals surface area contributed by atoms with Crippen molar-refractivity contribution in [1.82, 2.24) is 10.9 Å². The van der Waals surface area contributed by atoms with Gasteiger partial charge in [-0.2, -0.15) is 0 Å². The van der Waals surface area contributed by atoms with Crippen molar-refractivity contribution in [1.29, 1.82) is 0 Å². The third-order valence-corrected chi connectivity index (χ3v) is 3.11. The summed E-state index contributed by atoms with van der Waals surface area (Å²) in [5.41, 5.74) is 4.98. The number of benzene rings is 2. The topological polar surface area (TPSA) is 87.7 Å². The number of para-hydroxylation sites is 1. The summed E-state index contributed by atoms with van der Waals surface area (Å²) in [6.07, 6.45) is -0.256. The second-order valence-corrected chi connectivity index (χ2v) is 4.82. The van der Waals surface area contributed by atoms with E-state index in [-0.39, 0.29) is 5.75 Å². The van der Waals surface area contributed by atoms with Gasteiger partial charge in [-0.15, -0.1) is 0 Å². The van der Waals surface area contributed by atoms with E-state index in [1.54, 1.807) is 12.1 Å². The molecule has 1 atom stereocenters. The Morgan fingerprint density at radius 2 is 1.70 bits per heavy atom. The predicted octanol–water partition coefficient (Wildman–Crippen LogP) is 2.01. The van der Waals surface area contributed by atoms with E-state index in [4.69, 9.17) is 4.74 Å². The molecule has 0 aliphatic heterocycles. The van der Waals surface area contributed by atoms with Crippen LogP contribution in [0.5, 0.6) is 11.5 Å². The number of ether oxygens (including phenoxy) is 1. The highest BCUT2D eigenvalue weighted by Gasteiger charge is 2.19. The minimum Gasteiger partial charge on any atom is -0.508 e. The lowest BCUT2D eigenvalue weighted by Crippen LogP contribution is -2.47. The summed E-state index contributed by atoms with van der Waals surface area (Å²) in [6.45, 7) is 1.81.